The summed E-state index contributed by atoms with van der Waals surface area (Å²) in [5.74, 6) is 1.51. The largest absolute Gasteiger partial charge is 0.488 e. The molecule has 0 radical (unpaired) electrons. The number of fused-ring (bicyclic) bond motifs is 3. The molecule has 0 aromatic carbocycles. The summed E-state index contributed by atoms with van der Waals surface area (Å²) in [7, 11) is 0. The van der Waals surface area contributed by atoms with Gasteiger partial charge in [-0.15, -0.1) is 0 Å². The van der Waals surface area contributed by atoms with E-state index in [1.54, 1.807) is 22.8 Å². The number of aryl methyl sites for hydroxylation is 1. The van der Waals surface area contributed by atoms with E-state index in [4.69, 9.17) is 19.3 Å². The van der Waals surface area contributed by atoms with Gasteiger partial charge in [-0.25, -0.2) is 14.3 Å². The van der Waals surface area contributed by atoms with Crippen molar-refractivity contribution >= 4 is 29.2 Å². The number of hydrogen-bond acceptors (Lipinski definition) is 10. The van der Waals surface area contributed by atoms with Crippen molar-refractivity contribution in [1.29, 1.82) is 0 Å². The lowest BCUT2D eigenvalue weighted by molar-refractivity contribution is -0.0993. The Morgan fingerprint density at radius 2 is 1.83 bits per heavy atom. The van der Waals surface area contributed by atoms with Crippen LogP contribution in [0.2, 0.25) is 0 Å². The summed E-state index contributed by atoms with van der Waals surface area (Å²) in [6, 6.07) is 11.0. The van der Waals surface area contributed by atoms with Crippen LogP contribution in [0.15, 0.2) is 55.0 Å². The molecule has 4 aromatic rings. The van der Waals surface area contributed by atoms with Crippen LogP contribution in [0.4, 0.5) is 16.4 Å². The van der Waals surface area contributed by atoms with Gasteiger partial charge in [-0.05, 0) is 63.6 Å². The van der Waals surface area contributed by atoms with Crippen LogP contribution in [0.1, 0.15) is 49.7 Å². The van der Waals surface area contributed by atoms with Crippen molar-refractivity contribution in [3.63, 3.8) is 0 Å². The smallest absolute Gasteiger partial charge is 0.410 e. The minimum absolute atomic E-state index is 0.116. The number of ether oxygens (including phenoxy) is 3. The molecule has 0 saturated carbocycles. The number of piperidine rings is 1. The molecule has 1 unspecified atom stereocenters. The zero-order chi connectivity index (χ0) is 32.4. The first-order valence-electron chi connectivity index (χ1n) is 15.4. The van der Waals surface area contributed by atoms with Crippen LogP contribution >= 0.6 is 0 Å². The standard InChI is InChI=1S/C33H39N7O6/c1-20-11-27(28(17-35-20)45-26-13-24-18-44-19-25(14-26)40(24)32(43)46-33(2,3)4)21-7-9-39-23(12-21)15-30(38-39)37-29-6-5-22(16-36-29)31(42)34-8-10-41/h5-7,9,11-12,15-17,24-26,41H,8,10,13-14,18-19H2,1-4H3,(H,34,42)(H,36,37,38)/t24-,25+,26?. The number of pyridine rings is 3. The lowest BCUT2D eigenvalue weighted by atomic mass is 9.92. The topological polar surface area (TPSA) is 152 Å². The number of nitrogens with one attached hydrogen (secondary N) is 2. The van der Waals surface area contributed by atoms with Gasteiger partial charge >= 0.3 is 6.09 Å². The van der Waals surface area contributed by atoms with E-state index in [9.17, 15) is 9.59 Å². The molecular formula is C33H39N7O6. The number of hydrogen-bond donors (Lipinski definition) is 3. The van der Waals surface area contributed by atoms with Crippen molar-refractivity contribution in [2.75, 3.05) is 31.7 Å². The van der Waals surface area contributed by atoms with Crippen LogP contribution < -0.4 is 15.4 Å². The average molecular weight is 630 g/mol. The van der Waals surface area contributed by atoms with Crippen LogP contribution in [0.3, 0.4) is 0 Å². The highest BCUT2D eigenvalue weighted by molar-refractivity contribution is 5.94. The van der Waals surface area contributed by atoms with E-state index >= 15 is 0 Å². The van der Waals surface area contributed by atoms with Gasteiger partial charge in [0.25, 0.3) is 5.91 Å². The Labute approximate surface area is 266 Å². The number of carbonyl (C=O) groups is 2. The molecule has 2 amide bonds. The first kappa shape index (κ1) is 31.2. The van der Waals surface area contributed by atoms with E-state index in [0.717, 1.165) is 22.3 Å². The molecule has 2 fully saturated rings. The summed E-state index contributed by atoms with van der Waals surface area (Å²) in [4.78, 5) is 35.8. The van der Waals surface area contributed by atoms with Crippen LogP contribution in [-0.4, -0.2) is 91.7 Å². The normalized spacial score (nSPS) is 19.5. The van der Waals surface area contributed by atoms with Crippen molar-refractivity contribution in [2.45, 2.75) is 64.3 Å². The Morgan fingerprint density at radius 3 is 2.52 bits per heavy atom. The third-order valence-electron chi connectivity index (χ3n) is 7.83. The first-order valence-corrected chi connectivity index (χ1v) is 15.4. The van der Waals surface area contributed by atoms with E-state index in [0.29, 0.717) is 49.0 Å². The minimum Gasteiger partial charge on any atom is -0.488 e. The maximum Gasteiger partial charge on any atom is 0.410 e. The Bertz CT molecular complexity index is 1700. The third-order valence-corrected chi connectivity index (χ3v) is 7.83. The molecule has 0 spiro atoms. The van der Waals surface area contributed by atoms with E-state index in [1.165, 1.54) is 6.20 Å². The highest BCUT2D eigenvalue weighted by Gasteiger charge is 2.44. The second-order valence-corrected chi connectivity index (χ2v) is 12.6. The molecule has 6 heterocycles. The van der Waals surface area contributed by atoms with Gasteiger partial charge in [-0.3, -0.25) is 14.7 Å². The monoisotopic (exact) mass is 629 g/mol. The van der Waals surface area contributed by atoms with Gasteiger partial charge in [0.2, 0.25) is 0 Å². The van der Waals surface area contributed by atoms with Gasteiger partial charge in [0, 0.05) is 49.1 Å². The van der Waals surface area contributed by atoms with Gasteiger partial charge in [-0.1, -0.05) is 0 Å². The Hall–Kier alpha value is -4.75. The summed E-state index contributed by atoms with van der Waals surface area (Å²) in [6.07, 6.45) is 5.96. The van der Waals surface area contributed by atoms with E-state index in [-0.39, 0.29) is 43.3 Å². The Morgan fingerprint density at radius 1 is 1.04 bits per heavy atom. The highest BCUT2D eigenvalue weighted by atomic mass is 16.6. The van der Waals surface area contributed by atoms with Crippen LogP contribution in [0, 0.1) is 6.92 Å². The molecule has 242 valence electrons. The summed E-state index contributed by atoms with van der Waals surface area (Å²) in [6.45, 7) is 8.51. The predicted octanol–water partition coefficient (Wildman–Crippen LogP) is 4.11. The summed E-state index contributed by atoms with van der Waals surface area (Å²) >= 11 is 0. The van der Waals surface area contributed by atoms with Crippen molar-refractivity contribution in [2.24, 2.45) is 0 Å². The first-order chi connectivity index (χ1) is 22.1. The molecule has 6 rings (SSSR count). The van der Waals surface area contributed by atoms with Crippen molar-refractivity contribution < 1.29 is 28.9 Å². The summed E-state index contributed by atoms with van der Waals surface area (Å²) < 4.78 is 19.9. The zero-order valence-corrected chi connectivity index (χ0v) is 26.4. The predicted molar refractivity (Wildman–Crippen MR) is 170 cm³/mol. The molecule has 3 atom stereocenters. The SMILES string of the molecule is Cc1cc(-c2ccn3nc(Nc4ccc(C(=O)NCCO)cn4)cc3c2)c(OC2C[C@H]3COC[C@@H](C2)N3C(=O)OC(C)(C)C)cn1. The molecule has 3 N–H and O–H groups in total. The second-order valence-electron chi connectivity index (χ2n) is 12.6. The molecule has 2 bridgehead atoms. The number of aliphatic hydroxyl groups excluding tert-OH is 1. The second kappa shape index (κ2) is 12.9. The number of aromatic nitrogens is 4. The van der Waals surface area contributed by atoms with Crippen LogP contribution in [0.25, 0.3) is 16.6 Å². The lowest BCUT2D eigenvalue weighted by Crippen LogP contribution is -2.61. The Balaban J connectivity index is 1.18. The maximum absolute atomic E-state index is 13.0. The average Bonchev–Trinajstić information content (AvgIpc) is 3.41. The van der Waals surface area contributed by atoms with Crippen LogP contribution in [-0.2, 0) is 9.47 Å². The molecule has 2 aliphatic rings. The number of rotatable bonds is 8. The van der Waals surface area contributed by atoms with E-state index in [2.05, 4.69) is 25.7 Å². The lowest BCUT2D eigenvalue weighted by Gasteiger charge is -2.48. The molecule has 0 aliphatic carbocycles. The highest BCUT2D eigenvalue weighted by Crippen LogP contribution is 2.36. The van der Waals surface area contributed by atoms with Crippen molar-refractivity contribution in [1.82, 2.24) is 29.8 Å². The zero-order valence-electron chi connectivity index (χ0n) is 26.4. The van der Waals surface area contributed by atoms with Gasteiger partial charge in [0.15, 0.2) is 5.82 Å². The van der Waals surface area contributed by atoms with E-state index < -0.39 is 5.60 Å². The Kier molecular flexibility index (Phi) is 8.78. The van der Waals surface area contributed by atoms with Gasteiger partial charge < -0.3 is 30.0 Å². The number of aliphatic hydroxyl groups is 1. The van der Waals surface area contributed by atoms with Crippen molar-refractivity contribution in [3.8, 4) is 16.9 Å². The van der Waals surface area contributed by atoms with Gasteiger partial charge in [0.05, 0.1) is 49.2 Å². The molecule has 46 heavy (non-hydrogen) atoms. The fraction of sp³-hybridized carbons (Fsp3) is 0.424. The fourth-order valence-corrected chi connectivity index (χ4v) is 5.85. The molecular weight excluding hydrogens is 590 g/mol. The summed E-state index contributed by atoms with van der Waals surface area (Å²) in [5.41, 5.74) is 3.41. The number of anilines is 2. The third kappa shape index (κ3) is 7.05. The van der Waals surface area contributed by atoms with Crippen LogP contribution in [0.5, 0.6) is 5.75 Å². The number of nitrogens with zero attached hydrogens (tertiary/aromatic N) is 5. The van der Waals surface area contributed by atoms with Crippen molar-refractivity contribution in [3.05, 3.63) is 66.2 Å². The quantitative estimate of drug-likeness (QED) is 0.260. The number of carbonyl (C=O) groups excluding carboxylic acids is 2. The molecule has 2 saturated heterocycles. The van der Waals surface area contributed by atoms with E-state index in [1.807, 2.05) is 63.1 Å². The van der Waals surface area contributed by atoms with Gasteiger partial charge in [-0.2, -0.15) is 5.10 Å². The molecule has 2 aliphatic heterocycles. The molecule has 13 heteroatoms. The van der Waals surface area contributed by atoms with Gasteiger partial charge in [0.1, 0.15) is 23.3 Å². The molecule has 4 aromatic heterocycles. The molecule has 13 nitrogen and oxygen atoms in total. The minimum atomic E-state index is -0.571. The summed E-state index contributed by atoms with van der Waals surface area (Å²) in [5, 5.41) is 19.3. The fourth-order valence-electron chi connectivity index (χ4n) is 5.85. The number of morpholine rings is 1. The maximum atomic E-state index is 13.0. The number of amides is 2.